The van der Waals surface area contributed by atoms with Crippen LogP contribution < -0.4 is 11.1 Å². The number of nitrogens with zero attached hydrogens (tertiary/aromatic N) is 1. The van der Waals surface area contributed by atoms with E-state index in [1.54, 1.807) is 0 Å². The number of nitrogen functional groups attached to an aromatic ring is 1. The normalized spacial score (nSPS) is 10.6. The summed E-state index contributed by atoms with van der Waals surface area (Å²) >= 11 is 5.78. The fourth-order valence-electron chi connectivity index (χ4n) is 1.81. The van der Waals surface area contributed by atoms with Crippen molar-refractivity contribution in [3.05, 3.63) is 52.8 Å². The number of anilines is 2. The Balaban J connectivity index is 2.23. The van der Waals surface area contributed by atoms with E-state index >= 15 is 0 Å². The minimum absolute atomic E-state index is 0.236. The number of pyridine rings is 1. The van der Waals surface area contributed by atoms with Crippen molar-refractivity contribution in [3.8, 4) is 0 Å². The molecule has 0 fully saturated rings. The van der Waals surface area contributed by atoms with Gasteiger partial charge in [0.1, 0.15) is 5.15 Å². The van der Waals surface area contributed by atoms with Crippen LogP contribution in [-0.4, -0.2) is 10.9 Å². The van der Waals surface area contributed by atoms with Gasteiger partial charge < -0.3 is 11.1 Å². The van der Waals surface area contributed by atoms with Gasteiger partial charge in [0.05, 0.1) is 17.4 Å². The van der Waals surface area contributed by atoms with Crippen molar-refractivity contribution in [1.82, 2.24) is 4.98 Å². The van der Waals surface area contributed by atoms with Crippen LogP contribution in [-0.2, 0) is 0 Å². The van der Waals surface area contributed by atoms with Gasteiger partial charge in [0.25, 0.3) is 5.91 Å². The Kier molecular flexibility index (Phi) is 4.25. The zero-order valence-electron chi connectivity index (χ0n) is 11.4. The molecule has 0 saturated carbocycles. The Labute approximate surface area is 123 Å². The molecule has 0 atom stereocenters. The second-order valence-electron chi connectivity index (χ2n) is 4.83. The summed E-state index contributed by atoms with van der Waals surface area (Å²) in [5.41, 5.74) is 8.24. The third-order valence-electron chi connectivity index (χ3n) is 2.96. The van der Waals surface area contributed by atoms with Gasteiger partial charge in [-0.05, 0) is 29.7 Å². The minimum Gasteiger partial charge on any atom is -0.397 e. The fraction of sp³-hybridized carbons (Fsp3) is 0.200. The fourth-order valence-corrected chi connectivity index (χ4v) is 1.97. The van der Waals surface area contributed by atoms with E-state index in [4.69, 9.17) is 17.3 Å². The molecule has 1 aromatic carbocycles. The number of amides is 1. The molecule has 20 heavy (non-hydrogen) atoms. The Bertz CT molecular complexity index is 641. The number of carbonyl (C=O) groups excluding carboxylic acids is 1. The van der Waals surface area contributed by atoms with Gasteiger partial charge in [-0.25, -0.2) is 4.98 Å². The van der Waals surface area contributed by atoms with Crippen molar-refractivity contribution < 1.29 is 4.79 Å². The summed E-state index contributed by atoms with van der Waals surface area (Å²) in [4.78, 5) is 16.0. The molecule has 5 heteroatoms. The molecule has 0 saturated heterocycles. The van der Waals surface area contributed by atoms with Crippen LogP contribution >= 0.6 is 11.6 Å². The molecular weight excluding hydrogens is 274 g/mol. The van der Waals surface area contributed by atoms with E-state index in [1.165, 1.54) is 12.3 Å². The molecule has 0 radical (unpaired) electrons. The highest BCUT2D eigenvalue weighted by molar-refractivity contribution is 6.30. The molecule has 0 aliphatic carbocycles. The molecule has 2 rings (SSSR count). The highest BCUT2D eigenvalue weighted by Gasteiger charge is 2.12. The van der Waals surface area contributed by atoms with E-state index in [2.05, 4.69) is 24.1 Å². The number of nitrogens with one attached hydrogen (secondary N) is 1. The standard InChI is InChI=1S/C15H16ClN3O/c1-9(2)10-4-3-5-11(6-10)19-15(20)12-7-14(16)18-8-13(12)17/h3-9H,17H2,1-2H3,(H,19,20). The molecule has 0 aliphatic rings. The number of rotatable bonds is 3. The Morgan fingerprint density at radius 1 is 1.35 bits per heavy atom. The van der Waals surface area contributed by atoms with Gasteiger partial charge in [0.2, 0.25) is 0 Å². The molecule has 3 N–H and O–H groups in total. The maximum atomic E-state index is 12.2. The monoisotopic (exact) mass is 289 g/mol. The lowest BCUT2D eigenvalue weighted by atomic mass is 10.0. The van der Waals surface area contributed by atoms with E-state index in [-0.39, 0.29) is 11.1 Å². The van der Waals surface area contributed by atoms with E-state index < -0.39 is 0 Å². The van der Waals surface area contributed by atoms with E-state index in [0.29, 0.717) is 17.2 Å². The number of nitrogens with two attached hydrogens (primary N) is 1. The average Bonchev–Trinajstić information content (AvgIpc) is 2.41. The smallest absolute Gasteiger partial charge is 0.257 e. The third-order valence-corrected chi connectivity index (χ3v) is 3.16. The van der Waals surface area contributed by atoms with Crippen LogP contribution in [0.25, 0.3) is 0 Å². The molecule has 0 unspecified atom stereocenters. The summed E-state index contributed by atoms with van der Waals surface area (Å²) in [7, 11) is 0. The van der Waals surface area contributed by atoms with E-state index in [0.717, 1.165) is 11.3 Å². The van der Waals surface area contributed by atoms with Crippen molar-refractivity contribution in [1.29, 1.82) is 0 Å². The summed E-state index contributed by atoms with van der Waals surface area (Å²) < 4.78 is 0. The molecule has 4 nitrogen and oxygen atoms in total. The maximum Gasteiger partial charge on any atom is 0.257 e. The maximum absolute atomic E-state index is 12.2. The molecule has 1 aromatic heterocycles. The predicted molar refractivity (Wildman–Crippen MR) is 82.1 cm³/mol. The molecular formula is C15H16ClN3O. The summed E-state index contributed by atoms with van der Waals surface area (Å²) in [6, 6.07) is 9.18. The number of hydrogen-bond acceptors (Lipinski definition) is 3. The lowest BCUT2D eigenvalue weighted by Gasteiger charge is -2.10. The van der Waals surface area contributed by atoms with Gasteiger partial charge >= 0.3 is 0 Å². The van der Waals surface area contributed by atoms with Crippen molar-refractivity contribution in [2.24, 2.45) is 0 Å². The Hall–Kier alpha value is -2.07. The van der Waals surface area contributed by atoms with Crippen molar-refractivity contribution in [3.63, 3.8) is 0 Å². The summed E-state index contributed by atoms with van der Waals surface area (Å²) in [5.74, 6) is 0.0972. The van der Waals surface area contributed by atoms with Crippen LogP contribution in [0.4, 0.5) is 11.4 Å². The molecule has 2 aromatic rings. The molecule has 0 aliphatic heterocycles. The van der Waals surface area contributed by atoms with Gasteiger partial charge in [0.15, 0.2) is 0 Å². The van der Waals surface area contributed by atoms with Gasteiger partial charge in [-0.15, -0.1) is 0 Å². The van der Waals surface area contributed by atoms with Gasteiger partial charge in [-0.2, -0.15) is 0 Å². The lowest BCUT2D eigenvalue weighted by molar-refractivity contribution is 0.102. The second kappa shape index (κ2) is 5.92. The first-order valence-electron chi connectivity index (χ1n) is 6.29. The first kappa shape index (κ1) is 14.3. The number of aromatic nitrogens is 1. The van der Waals surface area contributed by atoms with E-state index in [1.807, 2.05) is 24.3 Å². The molecule has 1 amide bonds. The van der Waals surface area contributed by atoms with Gasteiger partial charge in [0, 0.05) is 5.69 Å². The first-order chi connectivity index (χ1) is 9.47. The summed E-state index contributed by atoms with van der Waals surface area (Å²) in [6.07, 6.45) is 1.38. The molecule has 1 heterocycles. The van der Waals surface area contributed by atoms with E-state index in [9.17, 15) is 4.79 Å². The van der Waals surface area contributed by atoms with Crippen LogP contribution in [0.1, 0.15) is 35.7 Å². The summed E-state index contributed by atoms with van der Waals surface area (Å²) in [5, 5.41) is 3.05. The van der Waals surface area contributed by atoms with Crippen LogP contribution in [0.2, 0.25) is 5.15 Å². The summed E-state index contributed by atoms with van der Waals surface area (Å²) in [6.45, 7) is 4.20. The van der Waals surface area contributed by atoms with Crippen molar-refractivity contribution >= 4 is 28.9 Å². The number of carbonyl (C=O) groups is 1. The van der Waals surface area contributed by atoms with Crippen molar-refractivity contribution in [2.45, 2.75) is 19.8 Å². The zero-order chi connectivity index (χ0) is 14.7. The van der Waals surface area contributed by atoms with Gasteiger partial charge in [-0.1, -0.05) is 37.6 Å². The quantitative estimate of drug-likeness (QED) is 0.847. The highest BCUT2D eigenvalue weighted by atomic mass is 35.5. The molecule has 104 valence electrons. The SMILES string of the molecule is CC(C)c1cccc(NC(=O)c2cc(Cl)ncc2N)c1. The number of benzene rings is 1. The lowest BCUT2D eigenvalue weighted by Crippen LogP contribution is -2.14. The van der Waals surface area contributed by atoms with Crippen LogP contribution in [0.15, 0.2) is 36.5 Å². The molecule has 0 bridgehead atoms. The Morgan fingerprint density at radius 3 is 2.80 bits per heavy atom. The highest BCUT2D eigenvalue weighted by Crippen LogP contribution is 2.20. The Morgan fingerprint density at radius 2 is 2.10 bits per heavy atom. The van der Waals surface area contributed by atoms with Crippen LogP contribution in [0.3, 0.4) is 0 Å². The zero-order valence-corrected chi connectivity index (χ0v) is 12.1. The number of halogens is 1. The van der Waals surface area contributed by atoms with Crippen LogP contribution in [0, 0.1) is 0 Å². The topological polar surface area (TPSA) is 68.0 Å². The molecule has 0 spiro atoms. The minimum atomic E-state index is -0.298. The van der Waals surface area contributed by atoms with Crippen molar-refractivity contribution in [2.75, 3.05) is 11.1 Å². The second-order valence-corrected chi connectivity index (χ2v) is 5.22. The first-order valence-corrected chi connectivity index (χ1v) is 6.67. The third kappa shape index (κ3) is 3.27. The average molecular weight is 290 g/mol. The largest absolute Gasteiger partial charge is 0.397 e. The van der Waals surface area contributed by atoms with Gasteiger partial charge in [-0.3, -0.25) is 4.79 Å². The van der Waals surface area contributed by atoms with Crippen LogP contribution in [0.5, 0.6) is 0 Å². The number of hydrogen-bond donors (Lipinski definition) is 2. The predicted octanol–water partition coefficient (Wildman–Crippen LogP) is 3.69.